The zero-order valence-corrected chi connectivity index (χ0v) is 12.1. The number of nitrogens with zero attached hydrogens (tertiary/aromatic N) is 1. The summed E-state index contributed by atoms with van der Waals surface area (Å²) in [5, 5.41) is 3.16. The normalized spacial score (nSPS) is 18.6. The van der Waals surface area contributed by atoms with Crippen LogP contribution in [0.1, 0.15) is 25.3 Å². The van der Waals surface area contributed by atoms with Crippen LogP contribution >= 0.6 is 0 Å². The van der Waals surface area contributed by atoms with Gasteiger partial charge in [0.1, 0.15) is 11.8 Å². The molecule has 0 aromatic heterocycles. The maximum atomic E-state index is 12.2. The fourth-order valence-electron chi connectivity index (χ4n) is 2.37. The first kappa shape index (κ1) is 14.4. The molecule has 1 fully saturated rings. The number of amides is 2. The largest absolute Gasteiger partial charge is 0.497 e. The van der Waals surface area contributed by atoms with Crippen LogP contribution in [0.3, 0.4) is 0 Å². The van der Waals surface area contributed by atoms with E-state index in [1.165, 1.54) is 4.90 Å². The minimum Gasteiger partial charge on any atom is -0.497 e. The highest BCUT2D eigenvalue weighted by Gasteiger charge is 2.37. The second-order valence-corrected chi connectivity index (χ2v) is 4.97. The Morgan fingerprint density at radius 1 is 1.40 bits per heavy atom. The van der Waals surface area contributed by atoms with Gasteiger partial charge in [-0.2, -0.15) is 0 Å². The summed E-state index contributed by atoms with van der Waals surface area (Å²) >= 11 is 0. The van der Waals surface area contributed by atoms with Crippen molar-refractivity contribution in [2.24, 2.45) is 0 Å². The monoisotopic (exact) mass is 276 g/mol. The Morgan fingerprint density at radius 2 is 2.15 bits per heavy atom. The maximum absolute atomic E-state index is 12.2. The third-order valence-corrected chi connectivity index (χ3v) is 3.45. The summed E-state index contributed by atoms with van der Waals surface area (Å²) in [4.78, 5) is 25.3. The van der Waals surface area contributed by atoms with Gasteiger partial charge in [-0.25, -0.2) is 0 Å². The Balaban J connectivity index is 2.11. The van der Waals surface area contributed by atoms with Gasteiger partial charge in [0.2, 0.25) is 5.91 Å². The van der Waals surface area contributed by atoms with Gasteiger partial charge in [-0.3, -0.25) is 14.5 Å². The summed E-state index contributed by atoms with van der Waals surface area (Å²) in [6.07, 6.45) is 1.01. The first-order chi connectivity index (χ1) is 9.56. The molecule has 1 atom stereocenters. The Hall–Kier alpha value is -2.04. The number of benzene rings is 1. The van der Waals surface area contributed by atoms with Gasteiger partial charge in [0.25, 0.3) is 5.91 Å². The zero-order chi connectivity index (χ0) is 14.7. The molecule has 0 aliphatic carbocycles. The molecule has 108 valence electrons. The zero-order valence-electron chi connectivity index (χ0n) is 12.1. The third kappa shape index (κ3) is 2.76. The summed E-state index contributed by atoms with van der Waals surface area (Å²) in [5.41, 5.74) is 1.84. The van der Waals surface area contributed by atoms with Crippen LogP contribution in [0.2, 0.25) is 0 Å². The van der Waals surface area contributed by atoms with Gasteiger partial charge in [-0.1, -0.05) is 6.92 Å². The number of carbonyl (C=O) groups excluding carboxylic acids is 2. The van der Waals surface area contributed by atoms with Crippen molar-refractivity contribution in [2.45, 2.75) is 32.7 Å². The fraction of sp³-hybridized carbons (Fsp3) is 0.467. The molecule has 1 aliphatic rings. The topological polar surface area (TPSA) is 58.6 Å². The highest BCUT2D eigenvalue weighted by atomic mass is 16.5. The fourth-order valence-corrected chi connectivity index (χ4v) is 2.37. The van der Waals surface area contributed by atoms with Gasteiger partial charge in [-0.05, 0) is 37.1 Å². The summed E-state index contributed by atoms with van der Waals surface area (Å²) < 4.78 is 5.15. The van der Waals surface area contributed by atoms with Crippen LogP contribution in [-0.2, 0) is 9.59 Å². The Kier molecular flexibility index (Phi) is 4.27. The third-order valence-electron chi connectivity index (χ3n) is 3.45. The van der Waals surface area contributed by atoms with E-state index in [9.17, 15) is 9.59 Å². The molecule has 1 aromatic rings. The van der Waals surface area contributed by atoms with E-state index in [1.807, 2.05) is 32.0 Å². The minimum absolute atomic E-state index is 0.0967. The molecule has 1 aliphatic heterocycles. The number of carbonyl (C=O) groups is 2. The number of anilines is 1. The lowest BCUT2D eigenvalue weighted by Crippen LogP contribution is -2.35. The molecule has 2 amide bonds. The van der Waals surface area contributed by atoms with Crippen LogP contribution in [0.4, 0.5) is 5.69 Å². The highest BCUT2D eigenvalue weighted by Crippen LogP contribution is 2.24. The number of nitrogens with one attached hydrogen (secondary N) is 1. The molecule has 0 bridgehead atoms. The van der Waals surface area contributed by atoms with Crippen molar-refractivity contribution < 1.29 is 14.3 Å². The molecule has 0 saturated carbocycles. The van der Waals surface area contributed by atoms with E-state index in [0.717, 1.165) is 23.4 Å². The number of aryl methyl sites for hydroxylation is 1. The van der Waals surface area contributed by atoms with E-state index in [1.54, 1.807) is 7.11 Å². The molecule has 0 spiro atoms. The standard InChI is InChI=1S/C15H20N2O3/c1-4-7-17-14(18)9-13(15(17)19)16-12-6-5-11(20-3)8-10(12)2/h5-6,8,13,16H,4,7,9H2,1-3H3. The van der Waals surface area contributed by atoms with Gasteiger partial charge >= 0.3 is 0 Å². The second kappa shape index (κ2) is 5.94. The molecule has 20 heavy (non-hydrogen) atoms. The van der Waals surface area contributed by atoms with Crippen LogP contribution in [0.15, 0.2) is 18.2 Å². The van der Waals surface area contributed by atoms with Gasteiger partial charge < -0.3 is 10.1 Å². The molecular formula is C15H20N2O3. The van der Waals surface area contributed by atoms with E-state index >= 15 is 0 Å². The predicted octanol–water partition coefficient (Wildman–Crippen LogP) is 1.95. The van der Waals surface area contributed by atoms with E-state index in [4.69, 9.17) is 4.74 Å². The Bertz CT molecular complexity index is 528. The molecule has 0 radical (unpaired) electrons. The Morgan fingerprint density at radius 3 is 2.75 bits per heavy atom. The van der Waals surface area contributed by atoms with Gasteiger partial charge in [0, 0.05) is 12.2 Å². The van der Waals surface area contributed by atoms with E-state index in [0.29, 0.717) is 6.54 Å². The van der Waals surface area contributed by atoms with Crippen molar-refractivity contribution >= 4 is 17.5 Å². The molecule has 1 saturated heterocycles. The first-order valence-corrected chi connectivity index (χ1v) is 6.82. The number of hydrogen-bond acceptors (Lipinski definition) is 4. The predicted molar refractivity (Wildman–Crippen MR) is 76.8 cm³/mol. The highest BCUT2D eigenvalue weighted by molar-refractivity contribution is 6.06. The van der Waals surface area contributed by atoms with Crippen LogP contribution in [0, 0.1) is 6.92 Å². The van der Waals surface area contributed by atoms with Crippen LogP contribution < -0.4 is 10.1 Å². The first-order valence-electron chi connectivity index (χ1n) is 6.82. The van der Waals surface area contributed by atoms with Gasteiger partial charge in [0.05, 0.1) is 13.5 Å². The minimum atomic E-state index is -0.457. The van der Waals surface area contributed by atoms with Gasteiger partial charge in [-0.15, -0.1) is 0 Å². The quantitative estimate of drug-likeness (QED) is 0.835. The average molecular weight is 276 g/mol. The molecule has 2 rings (SSSR count). The van der Waals surface area contributed by atoms with Crippen molar-refractivity contribution in [1.82, 2.24) is 4.90 Å². The molecule has 1 unspecified atom stereocenters. The SMILES string of the molecule is CCCN1C(=O)CC(Nc2ccc(OC)cc2C)C1=O. The number of imide groups is 1. The molecule has 1 aromatic carbocycles. The van der Waals surface area contributed by atoms with Crippen molar-refractivity contribution in [3.63, 3.8) is 0 Å². The smallest absolute Gasteiger partial charge is 0.252 e. The van der Waals surface area contributed by atoms with E-state index < -0.39 is 6.04 Å². The van der Waals surface area contributed by atoms with Crippen molar-refractivity contribution in [2.75, 3.05) is 19.0 Å². The lowest BCUT2D eigenvalue weighted by molar-refractivity contribution is -0.138. The lowest BCUT2D eigenvalue weighted by atomic mass is 10.1. The Labute approximate surface area is 118 Å². The number of rotatable bonds is 5. The molecule has 5 nitrogen and oxygen atoms in total. The molecule has 1 heterocycles. The average Bonchev–Trinajstić information content (AvgIpc) is 2.69. The van der Waals surface area contributed by atoms with Crippen LogP contribution in [0.5, 0.6) is 5.75 Å². The number of ether oxygens (including phenoxy) is 1. The second-order valence-electron chi connectivity index (χ2n) is 4.97. The summed E-state index contributed by atoms with van der Waals surface area (Å²) in [6.45, 7) is 4.39. The number of hydrogen-bond donors (Lipinski definition) is 1. The lowest BCUT2D eigenvalue weighted by Gasteiger charge is -2.16. The van der Waals surface area contributed by atoms with E-state index in [2.05, 4.69) is 5.32 Å². The summed E-state index contributed by atoms with van der Waals surface area (Å²) in [6, 6.07) is 5.14. The van der Waals surface area contributed by atoms with Crippen molar-refractivity contribution in [1.29, 1.82) is 0 Å². The maximum Gasteiger partial charge on any atom is 0.252 e. The summed E-state index contributed by atoms with van der Waals surface area (Å²) in [5.74, 6) is 0.544. The number of methoxy groups -OCH3 is 1. The number of likely N-dealkylation sites (tertiary alicyclic amines) is 1. The van der Waals surface area contributed by atoms with Crippen molar-refractivity contribution in [3.8, 4) is 5.75 Å². The van der Waals surface area contributed by atoms with E-state index in [-0.39, 0.29) is 18.2 Å². The van der Waals surface area contributed by atoms with Crippen molar-refractivity contribution in [3.05, 3.63) is 23.8 Å². The molecular weight excluding hydrogens is 256 g/mol. The summed E-state index contributed by atoms with van der Waals surface area (Å²) in [7, 11) is 1.61. The van der Waals surface area contributed by atoms with Crippen LogP contribution in [0.25, 0.3) is 0 Å². The molecule has 5 heteroatoms. The van der Waals surface area contributed by atoms with Gasteiger partial charge in [0.15, 0.2) is 0 Å². The molecule has 1 N–H and O–H groups in total. The van der Waals surface area contributed by atoms with Crippen LogP contribution in [-0.4, -0.2) is 36.4 Å².